The van der Waals surface area contributed by atoms with Crippen LogP contribution >= 0.6 is 11.3 Å². The van der Waals surface area contributed by atoms with Crippen LogP contribution in [0.25, 0.3) is 10.9 Å². The van der Waals surface area contributed by atoms with E-state index in [1.807, 2.05) is 11.9 Å². The number of aryl methyl sites for hydroxylation is 1. The molecule has 1 fully saturated rings. The Labute approximate surface area is 182 Å². The van der Waals surface area contributed by atoms with E-state index in [1.54, 1.807) is 11.3 Å². The monoisotopic (exact) mass is 422 g/mol. The van der Waals surface area contributed by atoms with Gasteiger partial charge in [0.15, 0.2) is 0 Å². The van der Waals surface area contributed by atoms with E-state index in [1.165, 1.54) is 11.1 Å². The van der Waals surface area contributed by atoms with Crippen LogP contribution in [0.15, 0.2) is 35.0 Å². The van der Waals surface area contributed by atoms with Crippen molar-refractivity contribution >= 4 is 34.1 Å². The molecule has 6 heteroatoms. The van der Waals surface area contributed by atoms with Crippen LogP contribution in [0.2, 0.25) is 0 Å². The first-order valence-electron chi connectivity index (χ1n) is 10.7. The van der Waals surface area contributed by atoms with E-state index >= 15 is 0 Å². The molecule has 1 aliphatic heterocycles. The summed E-state index contributed by atoms with van der Waals surface area (Å²) in [5, 5.41) is 5.29. The standard InChI is InChI=1S/C24H30N4OS/c1-16(2)20-5-6-22-21(13-20)17(3)25-24(26-22)28-10-7-19(8-11-28)23(29)27(4)14-18-9-12-30-15-18/h5-6,9,12-13,15-16,19H,7-8,10-11,14H2,1-4H3. The fraction of sp³-hybridized carbons (Fsp3) is 0.458. The third-order valence-electron chi connectivity index (χ3n) is 6.07. The van der Waals surface area contributed by atoms with Gasteiger partial charge in [-0.25, -0.2) is 9.97 Å². The fourth-order valence-corrected chi connectivity index (χ4v) is 4.82. The number of hydrogen-bond acceptors (Lipinski definition) is 5. The van der Waals surface area contributed by atoms with Gasteiger partial charge in [-0.05, 0) is 65.8 Å². The van der Waals surface area contributed by atoms with Gasteiger partial charge in [-0.3, -0.25) is 4.79 Å². The van der Waals surface area contributed by atoms with Crippen molar-refractivity contribution in [3.8, 4) is 0 Å². The van der Waals surface area contributed by atoms with Crippen molar-refractivity contribution < 1.29 is 4.79 Å². The summed E-state index contributed by atoms with van der Waals surface area (Å²) in [4.78, 5) is 26.6. The minimum atomic E-state index is 0.0834. The van der Waals surface area contributed by atoms with Crippen LogP contribution in [0.4, 0.5) is 5.95 Å². The van der Waals surface area contributed by atoms with Gasteiger partial charge in [-0.1, -0.05) is 19.9 Å². The number of nitrogens with zero attached hydrogens (tertiary/aromatic N) is 4. The van der Waals surface area contributed by atoms with Crippen LogP contribution in [0, 0.1) is 12.8 Å². The van der Waals surface area contributed by atoms with E-state index in [0.717, 1.165) is 48.5 Å². The molecule has 0 bridgehead atoms. The zero-order valence-corrected chi connectivity index (χ0v) is 19.1. The van der Waals surface area contributed by atoms with Crippen molar-refractivity contribution in [2.75, 3.05) is 25.0 Å². The molecule has 0 saturated carbocycles. The number of carbonyl (C=O) groups excluding carboxylic acids is 1. The maximum Gasteiger partial charge on any atom is 0.226 e. The van der Waals surface area contributed by atoms with E-state index in [9.17, 15) is 4.79 Å². The molecule has 0 atom stereocenters. The number of rotatable bonds is 5. The number of thiophene rings is 1. The third-order valence-corrected chi connectivity index (χ3v) is 6.80. The molecule has 0 spiro atoms. The average molecular weight is 423 g/mol. The normalized spacial score (nSPS) is 15.2. The molecule has 3 heterocycles. The summed E-state index contributed by atoms with van der Waals surface area (Å²) in [6.45, 7) is 8.79. The smallest absolute Gasteiger partial charge is 0.226 e. The van der Waals surface area contributed by atoms with Crippen molar-refractivity contribution in [1.82, 2.24) is 14.9 Å². The highest BCUT2D eigenvalue weighted by atomic mass is 32.1. The highest BCUT2D eigenvalue weighted by molar-refractivity contribution is 7.07. The Balaban J connectivity index is 1.43. The summed E-state index contributed by atoms with van der Waals surface area (Å²) >= 11 is 1.67. The Morgan fingerprint density at radius 3 is 2.67 bits per heavy atom. The van der Waals surface area contributed by atoms with Gasteiger partial charge >= 0.3 is 0 Å². The van der Waals surface area contributed by atoms with Crippen molar-refractivity contribution in [3.63, 3.8) is 0 Å². The quantitative estimate of drug-likeness (QED) is 0.581. The number of amides is 1. The van der Waals surface area contributed by atoms with Crippen LogP contribution in [0.3, 0.4) is 0 Å². The molecule has 2 aromatic heterocycles. The summed E-state index contributed by atoms with van der Waals surface area (Å²) < 4.78 is 0. The van der Waals surface area contributed by atoms with Gasteiger partial charge in [-0.15, -0.1) is 0 Å². The highest BCUT2D eigenvalue weighted by Gasteiger charge is 2.28. The molecule has 4 rings (SSSR count). The van der Waals surface area contributed by atoms with Crippen LogP contribution < -0.4 is 4.90 Å². The van der Waals surface area contributed by atoms with Gasteiger partial charge in [0.1, 0.15) is 0 Å². The molecule has 1 amide bonds. The number of aromatic nitrogens is 2. The third kappa shape index (κ3) is 4.33. The number of piperidine rings is 1. The predicted octanol–water partition coefficient (Wildman–Crippen LogP) is 5.00. The molecule has 1 saturated heterocycles. The average Bonchev–Trinajstić information content (AvgIpc) is 3.26. The second kappa shape index (κ2) is 8.72. The second-order valence-corrected chi connectivity index (χ2v) is 9.41. The number of carbonyl (C=O) groups is 1. The maximum absolute atomic E-state index is 12.9. The first-order valence-corrected chi connectivity index (χ1v) is 11.7. The Hall–Kier alpha value is -2.47. The lowest BCUT2D eigenvalue weighted by Gasteiger charge is -2.33. The van der Waals surface area contributed by atoms with Gasteiger partial charge < -0.3 is 9.80 Å². The van der Waals surface area contributed by atoms with Crippen LogP contribution in [-0.2, 0) is 11.3 Å². The molecular formula is C24H30N4OS. The molecule has 30 heavy (non-hydrogen) atoms. The summed E-state index contributed by atoms with van der Waals surface area (Å²) in [6.07, 6.45) is 1.69. The zero-order valence-electron chi connectivity index (χ0n) is 18.3. The van der Waals surface area contributed by atoms with Gasteiger partial charge in [0.2, 0.25) is 11.9 Å². The Morgan fingerprint density at radius 2 is 2.00 bits per heavy atom. The topological polar surface area (TPSA) is 49.3 Å². The lowest BCUT2D eigenvalue weighted by molar-refractivity contribution is -0.135. The summed E-state index contributed by atoms with van der Waals surface area (Å²) in [5.41, 5.74) is 4.53. The molecular weight excluding hydrogens is 392 g/mol. The second-order valence-electron chi connectivity index (χ2n) is 8.63. The van der Waals surface area contributed by atoms with E-state index in [-0.39, 0.29) is 11.8 Å². The molecule has 3 aromatic rings. The molecule has 0 N–H and O–H groups in total. The SMILES string of the molecule is Cc1nc(N2CCC(C(=O)N(C)Cc3ccsc3)CC2)nc2ccc(C(C)C)cc12. The van der Waals surface area contributed by atoms with E-state index in [2.05, 4.69) is 60.7 Å². The maximum atomic E-state index is 12.9. The van der Waals surface area contributed by atoms with E-state index in [4.69, 9.17) is 9.97 Å². The first kappa shape index (κ1) is 20.8. The first-order chi connectivity index (χ1) is 14.4. The Kier molecular flexibility index (Phi) is 6.04. The van der Waals surface area contributed by atoms with Crippen LogP contribution in [-0.4, -0.2) is 40.9 Å². The van der Waals surface area contributed by atoms with Crippen molar-refractivity contribution in [2.24, 2.45) is 5.92 Å². The van der Waals surface area contributed by atoms with E-state index in [0.29, 0.717) is 12.5 Å². The number of benzene rings is 1. The molecule has 0 unspecified atom stereocenters. The Morgan fingerprint density at radius 1 is 1.23 bits per heavy atom. The minimum Gasteiger partial charge on any atom is -0.341 e. The number of hydrogen-bond donors (Lipinski definition) is 0. The highest BCUT2D eigenvalue weighted by Crippen LogP contribution is 2.27. The van der Waals surface area contributed by atoms with E-state index < -0.39 is 0 Å². The van der Waals surface area contributed by atoms with Crippen molar-refractivity contribution in [1.29, 1.82) is 0 Å². The lowest BCUT2D eigenvalue weighted by Crippen LogP contribution is -2.41. The van der Waals surface area contributed by atoms with Gasteiger partial charge in [0.25, 0.3) is 0 Å². The van der Waals surface area contributed by atoms with Crippen LogP contribution in [0.1, 0.15) is 49.4 Å². The van der Waals surface area contributed by atoms with Gasteiger partial charge in [0.05, 0.1) is 11.2 Å². The molecule has 158 valence electrons. The Bertz CT molecular complexity index is 1020. The summed E-state index contributed by atoms with van der Waals surface area (Å²) in [5.74, 6) is 1.61. The molecule has 5 nitrogen and oxygen atoms in total. The number of fused-ring (bicyclic) bond motifs is 1. The lowest BCUT2D eigenvalue weighted by atomic mass is 9.95. The molecule has 1 aromatic carbocycles. The molecule has 0 radical (unpaired) electrons. The van der Waals surface area contributed by atoms with Crippen LogP contribution in [0.5, 0.6) is 0 Å². The molecule has 1 aliphatic rings. The largest absolute Gasteiger partial charge is 0.341 e. The van der Waals surface area contributed by atoms with Gasteiger partial charge in [-0.2, -0.15) is 11.3 Å². The molecule has 0 aliphatic carbocycles. The van der Waals surface area contributed by atoms with Gasteiger partial charge in [0, 0.05) is 38.0 Å². The summed E-state index contributed by atoms with van der Waals surface area (Å²) in [6, 6.07) is 8.57. The zero-order chi connectivity index (χ0) is 21.3. The summed E-state index contributed by atoms with van der Waals surface area (Å²) in [7, 11) is 1.91. The van der Waals surface area contributed by atoms with Crippen molar-refractivity contribution in [2.45, 2.75) is 46.1 Å². The predicted molar refractivity (Wildman–Crippen MR) is 124 cm³/mol. The fourth-order valence-electron chi connectivity index (χ4n) is 4.16. The van der Waals surface area contributed by atoms with Crippen molar-refractivity contribution in [3.05, 3.63) is 51.8 Å². The number of anilines is 1. The minimum absolute atomic E-state index is 0.0834.